The summed E-state index contributed by atoms with van der Waals surface area (Å²) >= 11 is 1.37. The van der Waals surface area contributed by atoms with Crippen molar-refractivity contribution in [1.29, 1.82) is 0 Å². The van der Waals surface area contributed by atoms with Crippen LogP contribution in [0.5, 0.6) is 0 Å². The fourth-order valence-electron chi connectivity index (χ4n) is 2.97. The lowest BCUT2D eigenvalue weighted by Gasteiger charge is -2.21. The van der Waals surface area contributed by atoms with Gasteiger partial charge in [-0.2, -0.15) is 0 Å². The molecule has 0 fully saturated rings. The number of rotatable bonds is 10. The molecule has 0 aliphatic rings. The van der Waals surface area contributed by atoms with Crippen molar-refractivity contribution in [2.45, 2.75) is 46.2 Å². The Balaban J connectivity index is 1.68. The average molecular weight is 441 g/mol. The molecule has 0 spiro atoms. The van der Waals surface area contributed by atoms with E-state index in [2.05, 4.69) is 15.6 Å². The highest BCUT2D eigenvalue weighted by Gasteiger charge is 2.21. The maximum absolute atomic E-state index is 13.2. The van der Waals surface area contributed by atoms with Gasteiger partial charge in [-0.05, 0) is 50.1 Å². The monoisotopic (exact) mass is 440 g/mol. The standard InChI is InChI=1S/C23H28N4O3S/c1-4-17(3)24-21(28)10-11-27(14-19-9-6-12-30-19)22(29)20-15-31-23(26-20)25-18-8-5-7-16(2)13-18/h5-9,12-13,15,17H,4,10-11,14H2,1-3H3,(H,24,28)(H,25,26)/t17-/m1/s1. The molecule has 2 heterocycles. The summed E-state index contributed by atoms with van der Waals surface area (Å²) < 4.78 is 5.41. The molecule has 1 atom stereocenters. The van der Waals surface area contributed by atoms with Gasteiger partial charge in [-0.1, -0.05) is 19.1 Å². The lowest BCUT2D eigenvalue weighted by Crippen LogP contribution is -2.37. The first kappa shape index (κ1) is 22.6. The van der Waals surface area contributed by atoms with Crippen molar-refractivity contribution in [3.05, 3.63) is 65.1 Å². The van der Waals surface area contributed by atoms with Crippen molar-refractivity contribution >= 4 is 34.0 Å². The zero-order valence-electron chi connectivity index (χ0n) is 18.1. The molecule has 164 valence electrons. The van der Waals surface area contributed by atoms with Gasteiger partial charge in [0, 0.05) is 30.1 Å². The fourth-order valence-corrected chi connectivity index (χ4v) is 3.67. The Hall–Kier alpha value is -3.13. The summed E-state index contributed by atoms with van der Waals surface area (Å²) in [4.78, 5) is 31.4. The van der Waals surface area contributed by atoms with E-state index >= 15 is 0 Å². The molecule has 3 aromatic rings. The van der Waals surface area contributed by atoms with Crippen LogP contribution in [0.15, 0.2) is 52.5 Å². The lowest BCUT2D eigenvalue weighted by molar-refractivity contribution is -0.121. The highest BCUT2D eigenvalue weighted by molar-refractivity contribution is 7.14. The number of nitrogens with zero attached hydrogens (tertiary/aromatic N) is 2. The number of nitrogens with one attached hydrogen (secondary N) is 2. The minimum absolute atomic E-state index is 0.0772. The van der Waals surface area contributed by atoms with E-state index in [1.807, 2.05) is 51.1 Å². The summed E-state index contributed by atoms with van der Waals surface area (Å²) in [7, 11) is 0. The number of hydrogen-bond donors (Lipinski definition) is 2. The molecule has 31 heavy (non-hydrogen) atoms. The molecule has 1 aromatic carbocycles. The second-order valence-electron chi connectivity index (χ2n) is 7.47. The van der Waals surface area contributed by atoms with Gasteiger partial charge < -0.3 is 20.0 Å². The second-order valence-corrected chi connectivity index (χ2v) is 8.32. The summed E-state index contributed by atoms with van der Waals surface area (Å²) in [6.45, 7) is 6.55. The Morgan fingerprint density at radius 2 is 2.10 bits per heavy atom. The molecule has 7 nitrogen and oxygen atoms in total. The highest BCUT2D eigenvalue weighted by atomic mass is 32.1. The zero-order valence-corrected chi connectivity index (χ0v) is 18.9. The summed E-state index contributed by atoms with van der Waals surface area (Å²) in [5.41, 5.74) is 2.40. The molecule has 0 bridgehead atoms. The third kappa shape index (κ3) is 6.68. The summed E-state index contributed by atoms with van der Waals surface area (Å²) in [5.74, 6) is 0.344. The van der Waals surface area contributed by atoms with Gasteiger partial charge in [0.1, 0.15) is 11.5 Å². The van der Waals surface area contributed by atoms with Crippen LogP contribution < -0.4 is 10.6 Å². The number of carbonyl (C=O) groups excluding carboxylic acids is 2. The fraction of sp³-hybridized carbons (Fsp3) is 0.348. The van der Waals surface area contributed by atoms with Crippen molar-refractivity contribution in [1.82, 2.24) is 15.2 Å². The second kappa shape index (κ2) is 10.8. The van der Waals surface area contributed by atoms with Crippen molar-refractivity contribution in [2.24, 2.45) is 0 Å². The first-order valence-corrected chi connectivity index (χ1v) is 11.2. The van der Waals surface area contributed by atoms with Gasteiger partial charge in [0.25, 0.3) is 5.91 Å². The Labute approximate surface area is 186 Å². The third-order valence-electron chi connectivity index (χ3n) is 4.84. The van der Waals surface area contributed by atoms with Crippen molar-refractivity contribution < 1.29 is 14.0 Å². The number of furan rings is 1. The van der Waals surface area contributed by atoms with Crippen LogP contribution in [-0.4, -0.2) is 34.3 Å². The number of aromatic nitrogens is 1. The molecular formula is C23H28N4O3S. The van der Waals surface area contributed by atoms with Crippen LogP contribution in [0.2, 0.25) is 0 Å². The molecule has 3 rings (SSSR count). The third-order valence-corrected chi connectivity index (χ3v) is 5.59. The molecule has 2 amide bonds. The summed E-state index contributed by atoms with van der Waals surface area (Å²) in [6.07, 6.45) is 2.64. The molecule has 0 saturated heterocycles. The molecule has 0 aliphatic carbocycles. The van der Waals surface area contributed by atoms with E-state index in [9.17, 15) is 9.59 Å². The van der Waals surface area contributed by atoms with Crippen LogP contribution in [-0.2, 0) is 11.3 Å². The molecule has 0 aliphatic heterocycles. The molecule has 8 heteroatoms. The zero-order chi connectivity index (χ0) is 22.2. The van der Waals surface area contributed by atoms with Crippen molar-refractivity contribution in [2.75, 3.05) is 11.9 Å². The summed E-state index contributed by atoms with van der Waals surface area (Å²) in [5, 5.41) is 8.54. The van der Waals surface area contributed by atoms with Gasteiger partial charge in [0.05, 0.1) is 12.8 Å². The van der Waals surface area contributed by atoms with E-state index in [4.69, 9.17) is 4.42 Å². The number of hydrogen-bond acceptors (Lipinski definition) is 6. The minimum Gasteiger partial charge on any atom is -0.467 e. The quantitative estimate of drug-likeness (QED) is 0.476. The Morgan fingerprint density at radius 1 is 1.26 bits per heavy atom. The van der Waals surface area contributed by atoms with Gasteiger partial charge in [0.2, 0.25) is 5.91 Å². The van der Waals surface area contributed by atoms with Crippen LogP contribution in [0.25, 0.3) is 0 Å². The Kier molecular flexibility index (Phi) is 7.83. The number of thiazole rings is 1. The summed E-state index contributed by atoms with van der Waals surface area (Å²) in [6, 6.07) is 11.7. The number of aryl methyl sites for hydroxylation is 1. The Bertz CT molecular complexity index is 1000. The van der Waals surface area contributed by atoms with E-state index in [0.29, 0.717) is 16.6 Å². The maximum Gasteiger partial charge on any atom is 0.273 e. The number of anilines is 2. The number of carbonyl (C=O) groups is 2. The molecule has 2 aromatic heterocycles. The lowest BCUT2D eigenvalue weighted by atomic mass is 10.2. The van der Waals surface area contributed by atoms with Gasteiger partial charge in [-0.25, -0.2) is 4.98 Å². The molecule has 0 unspecified atom stereocenters. The first-order chi connectivity index (χ1) is 14.9. The maximum atomic E-state index is 13.2. The number of amides is 2. The largest absolute Gasteiger partial charge is 0.467 e. The van der Waals surface area contributed by atoms with E-state index in [1.165, 1.54) is 11.3 Å². The highest BCUT2D eigenvalue weighted by Crippen LogP contribution is 2.23. The minimum atomic E-state index is -0.235. The van der Waals surface area contributed by atoms with Crippen LogP contribution in [0.3, 0.4) is 0 Å². The van der Waals surface area contributed by atoms with Crippen molar-refractivity contribution in [3.63, 3.8) is 0 Å². The van der Waals surface area contributed by atoms with Crippen LogP contribution in [0.1, 0.15) is 48.5 Å². The molecule has 0 saturated carbocycles. The van der Waals surface area contributed by atoms with Gasteiger partial charge in [-0.15, -0.1) is 11.3 Å². The predicted molar refractivity (Wildman–Crippen MR) is 123 cm³/mol. The van der Waals surface area contributed by atoms with E-state index in [1.54, 1.807) is 22.6 Å². The predicted octanol–water partition coefficient (Wildman–Crippen LogP) is 4.74. The topological polar surface area (TPSA) is 87.5 Å². The van der Waals surface area contributed by atoms with Gasteiger partial charge in [0.15, 0.2) is 5.13 Å². The number of benzene rings is 1. The smallest absolute Gasteiger partial charge is 0.273 e. The van der Waals surface area contributed by atoms with E-state index < -0.39 is 0 Å². The first-order valence-electron chi connectivity index (χ1n) is 10.3. The van der Waals surface area contributed by atoms with Crippen LogP contribution >= 0.6 is 11.3 Å². The molecule has 0 radical (unpaired) electrons. The van der Waals surface area contributed by atoms with Gasteiger partial charge >= 0.3 is 0 Å². The van der Waals surface area contributed by atoms with Gasteiger partial charge in [-0.3, -0.25) is 9.59 Å². The van der Waals surface area contributed by atoms with Crippen LogP contribution in [0, 0.1) is 6.92 Å². The van der Waals surface area contributed by atoms with E-state index in [0.717, 1.165) is 17.7 Å². The van der Waals surface area contributed by atoms with Crippen LogP contribution in [0.4, 0.5) is 10.8 Å². The molecular weight excluding hydrogens is 412 g/mol. The Morgan fingerprint density at radius 3 is 2.81 bits per heavy atom. The average Bonchev–Trinajstić information content (AvgIpc) is 3.42. The van der Waals surface area contributed by atoms with E-state index in [-0.39, 0.29) is 37.4 Å². The SMILES string of the molecule is CC[C@@H](C)NC(=O)CCN(Cc1ccco1)C(=O)c1csc(Nc2cccc(C)c2)n1. The van der Waals surface area contributed by atoms with Crippen molar-refractivity contribution in [3.8, 4) is 0 Å². The normalized spacial score (nSPS) is 11.7. The molecule has 2 N–H and O–H groups in total.